The van der Waals surface area contributed by atoms with Crippen LogP contribution in [0.25, 0.3) is 17.1 Å². The number of benzene rings is 3. The lowest BCUT2D eigenvalue weighted by Gasteiger charge is -2.12. The number of anilines is 1. The number of methoxy groups -OCH3 is 1. The Hall–Kier alpha value is -3.43. The molecule has 4 rings (SSSR count). The lowest BCUT2D eigenvalue weighted by Crippen LogP contribution is -2.15. The Labute approximate surface area is 197 Å². The highest BCUT2D eigenvalue weighted by atomic mass is 35.5. The van der Waals surface area contributed by atoms with Gasteiger partial charge in [-0.3, -0.25) is 9.36 Å². The van der Waals surface area contributed by atoms with Crippen molar-refractivity contribution in [1.82, 2.24) is 14.8 Å². The summed E-state index contributed by atoms with van der Waals surface area (Å²) in [5.74, 6) is -0.882. The van der Waals surface area contributed by atoms with Crippen LogP contribution in [-0.4, -0.2) is 33.5 Å². The highest BCUT2D eigenvalue weighted by Gasteiger charge is 2.20. The molecule has 1 heterocycles. The van der Waals surface area contributed by atoms with Gasteiger partial charge in [0.15, 0.2) is 11.0 Å². The van der Waals surface area contributed by atoms with E-state index in [1.807, 2.05) is 24.3 Å². The molecular weight excluding hydrogens is 470 g/mol. The van der Waals surface area contributed by atoms with E-state index in [9.17, 15) is 13.6 Å². The first-order valence-corrected chi connectivity index (χ1v) is 11.0. The van der Waals surface area contributed by atoms with E-state index < -0.39 is 17.5 Å². The smallest absolute Gasteiger partial charge is 0.234 e. The average molecular weight is 487 g/mol. The van der Waals surface area contributed by atoms with Crippen LogP contribution in [0.5, 0.6) is 5.75 Å². The minimum atomic E-state index is -0.725. The summed E-state index contributed by atoms with van der Waals surface area (Å²) in [6.07, 6.45) is 0. The molecule has 0 unspecified atom stereocenters. The highest BCUT2D eigenvalue weighted by molar-refractivity contribution is 7.99. The standard InChI is InChI=1S/C23H17ClF2N4O2S/c1-32-20-5-3-2-4-17(20)22-28-29-23(30(22)16-9-6-14(24)7-10-16)33-13-21(31)27-19-12-15(25)8-11-18(19)26/h2-12H,13H2,1H3,(H,27,31). The van der Waals surface area contributed by atoms with Gasteiger partial charge in [-0.2, -0.15) is 0 Å². The lowest BCUT2D eigenvalue weighted by atomic mass is 10.2. The number of hydrogen-bond donors (Lipinski definition) is 1. The van der Waals surface area contributed by atoms with E-state index in [0.717, 1.165) is 35.6 Å². The molecule has 4 aromatic rings. The summed E-state index contributed by atoms with van der Waals surface area (Å²) in [5.41, 5.74) is 1.21. The van der Waals surface area contributed by atoms with Crippen LogP contribution in [-0.2, 0) is 4.79 Å². The minimum Gasteiger partial charge on any atom is -0.496 e. The van der Waals surface area contributed by atoms with Crippen LogP contribution in [0.3, 0.4) is 0 Å². The number of nitrogens with one attached hydrogen (secondary N) is 1. The number of thioether (sulfide) groups is 1. The van der Waals surface area contributed by atoms with E-state index in [4.69, 9.17) is 16.3 Å². The number of amides is 1. The number of carbonyl (C=O) groups is 1. The Morgan fingerprint density at radius 3 is 2.61 bits per heavy atom. The molecule has 0 fully saturated rings. The molecule has 1 aromatic heterocycles. The molecule has 33 heavy (non-hydrogen) atoms. The van der Waals surface area contributed by atoms with Gasteiger partial charge in [0.1, 0.15) is 17.4 Å². The number of nitrogens with zero attached hydrogens (tertiary/aromatic N) is 3. The van der Waals surface area contributed by atoms with Crippen LogP contribution >= 0.6 is 23.4 Å². The minimum absolute atomic E-state index is 0.104. The summed E-state index contributed by atoms with van der Waals surface area (Å²) in [6.45, 7) is 0. The van der Waals surface area contributed by atoms with E-state index in [1.54, 1.807) is 35.9 Å². The van der Waals surface area contributed by atoms with E-state index in [0.29, 0.717) is 27.3 Å². The van der Waals surface area contributed by atoms with Gasteiger partial charge in [0.25, 0.3) is 0 Å². The van der Waals surface area contributed by atoms with Gasteiger partial charge in [-0.15, -0.1) is 10.2 Å². The fourth-order valence-electron chi connectivity index (χ4n) is 3.10. The van der Waals surface area contributed by atoms with E-state index in [1.165, 1.54) is 0 Å². The normalized spacial score (nSPS) is 10.8. The molecule has 0 aliphatic carbocycles. The van der Waals surface area contributed by atoms with E-state index in [2.05, 4.69) is 15.5 Å². The monoisotopic (exact) mass is 486 g/mol. The second kappa shape index (κ2) is 10.0. The van der Waals surface area contributed by atoms with Gasteiger partial charge in [-0.05, 0) is 48.5 Å². The molecule has 3 aromatic carbocycles. The van der Waals surface area contributed by atoms with Crippen molar-refractivity contribution in [2.45, 2.75) is 5.16 Å². The Kier molecular flexibility index (Phi) is 6.90. The van der Waals surface area contributed by atoms with Gasteiger partial charge in [0.05, 0.1) is 24.1 Å². The first kappa shape index (κ1) is 22.8. The van der Waals surface area contributed by atoms with Crippen LogP contribution in [0.15, 0.2) is 71.9 Å². The van der Waals surface area contributed by atoms with Crippen molar-refractivity contribution in [1.29, 1.82) is 0 Å². The molecular formula is C23H17ClF2N4O2S. The fraction of sp³-hybridized carbons (Fsp3) is 0.0870. The van der Waals surface area contributed by atoms with E-state index in [-0.39, 0.29) is 11.4 Å². The number of aromatic nitrogens is 3. The number of ether oxygens (including phenoxy) is 1. The molecule has 6 nitrogen and oxygen atoms in total. The Morgan fingerprint density at radius 2 is 1.85 bits per heavy atom. The average Bonchev–Trinajstić information content (AvgIpc) is 3.24. The molecule has 0 saturated carbocycles. The van der Waals surface area contributed by atoms with Crippen LogP contribution < -0.4 is 10.1 Å². The molecule has 1 N–H and O–H groups in total. The number of halogens is 3. The first-order chi connectivity index (χ1) is 16.0. The van der Waals surface area contributed by atoms with Crippen LogP contribution in [0.4, 0.5) is 14.5 Å². The van der Waals surface area contributed by atoms with Crippen LogP contribution in [0.2, 0.25) is 5.02 Å². The van der Waals surface area contributed by atoms with Gasteiger partial charge in [-0.1, -0.05) is 35.5 Å². The van der Waals surface area contributed by atoms with Gasteiger partial charge in [-0.25, -0.2) is 8.78 Å². The highest BCUT2D eigenvalue weighted by Crippen LogP contribution is 2.33. The fourth-order valence-corrected chi connectivity index (χ4v) is 3.98. The van der Waals surface area contributed by atoms with Gasteiger partial charge >= 0.3 is 0 Å². The summed E-state index contributed by atoms with van der Waals surface area (Å²) >= 11 is 7.14. The van der Waals surface area contributed by atoms with Gasteiger partial charge in [0.2, 0.25) is 5.91 Å². The summed E-state index contributed by atoms with van der Waals surface area (Å²) in [7, 11) is 1.56. The number of rotatable bonds is 7. The van der Waals surface area contributed by atoms with Gasteiger partial charge in [0, 0.05) is 16.8 Å². The zero-order chi connectivity index (χ0) is 23.4. The predicted molar refractivity (Wildman–Crippen MR) is 124 cm³/mol. The molecule has 1 amide bonds. The zero-order valence-electron chi connectivity index (χ0n) is 17.3. The predicted octanol–water partition coefficient (Wildman–Crippen LogP) is 5.61. The van der Waals surface area contributed by atoms with E-state index >= 15 is 0 Å². The Bertz CT molecular complexity index is 1300. The lowest BCUT2D eigenvalue weighted by molar-refractivity contribution is -0.113. The van der Waals surface area contributed by atoms with Crippen molar-refractivity contribution in [3.8, 4) is 22.8 Å². The topological polar surface area (TPSA) is 69.0 Å². The maximum atomic E-state index is 13.8. The third kappa shape index (κ3) is 5.15. The third-order valence-corrected chi connectivity index (χ3v) is 5.78. The summed E-state index contributed by atoms with van der Waals surface area (Å²) < 4.78 is 34.5. The van der Waals surface area contributed by atoms with Gasteiger partial charge < -0.3 is 10.1 Å². The molecule has 0 saturated heterocycles. The largest absolute Gasteiger partial charge is 0.496 e. The van der Waals surface area contributed by atoms with Crippen LogP contribution in [0, 0.1) is 11.6 Å². The molecule has 0 atom stereocenters. The molecule has 0 aliphatic rings. The summed E-state index contributed by atoms with van der Waals surface area (Å²) in [4.78, 5) is 12.4. The number of hydrogen-bond acceptors (Lipinski definition) is 5. The van der Waals surface area contributed by atoms with Crippen LogP contribution in [0.1, 0.15) is 0 Å². The third-order valence-electron chi connectivity index (χ3n) is 4.60. The van der Waals surface area contributed by atoms with Crippen molar-refractivity contribution < 1.29 is 18.3 Å². The second-order valence-corrected chi connectivity index (χ2v) is 8.16. The maximum absolute atomic E-state index is 13.8. The molecule has 168 valence electrons. The molecule has 0 spiro atoms. The van der Waals surface area contributed by atoms with Crippen molar-refractivity contribution in [3.63, 3.8) is 0 Å². The van der Waals surface area contributed by atoms with Crippen molar-refractivity contribution in [2.75, 3.05) is 18.2 Å². The summed E-state index contributed by atoms with van der Waals surface area (Å²) in [5, 5.41) is 11.9. The van der Waals surface area contributed by atoms with Crippen molar-refractivity contribution in [2.24, 2.45) is 0 Å². The van der Waals surface area contributed by atoms with Crippen molar-refractivity contribution >= 4 is 35.0 Å². The summed E-state index contributed by atoms with van der Waals surface area (Å²) in [6, 6.07) is 17.3. The molecule has 0 radical (unpaired) electrons. The molecule has 10 heteroatoms. The molecule has 0 aliphatic heterocycles. The number of para-hydroxylation sites is 1. The quantitative estimate of drug-likeness (QED) is 0.344. The number of carbonyl (C=O) groups excluding carboxylic acids is 1. The Morgan fingerprint density at radius 1 is 1.09 bits per heavy atom. The second-order valence-electron chi connectivity index (χ2n) is 6.78. The molecule has 0 bridgehead atoms. The first-order valence-electron chi connectivity index (χ1n) is 9.68. The Balaban J connectivity index is 1.64. The zero-order valence-corrected chi connectivity index (χ0v) is 18.8. The SMILES string of the molecule is COc1ccccc1-c1nnc(SCC(=O)Nc2cc(F)ccc2F)n1-c1ccc(Cl)cc1. The van der Waals surface area contributed by atoms with Crippen molar-refractivity contribution in [3.05, 3.63) is 83.4 Å². The maximum Gasteiger partial charge on any atom is 0.234 e.